The predicted octanol–water partition coefficient (Wildman–Crippen LogP) is 3.19. The normalized spacial score (nSPS) is 18.3. The Morgan fingerprint density at radius 2 is 1.88 bits per heavy atom. The number of ether oxygens (including phenoxy) is 1. The molecule has 16 heavy (non-hydrogen) atoms. The Morgan fingerprint density at radius 1 is 1.25 bits per heavy atom. The van der Waals surface area contributed by atoms with Crippen LogP contribution in [0.25, 0.3) is 0 Å². The van der Waals surface area contributed by atoms with E-state index < -0.39 is 0 Å². The van der Waals surface area contributed by atoms with E-state index in [1.165, 1.54) is 25.7 Å². The van der Waals surface area contributed by atoms with Crippen LogP contribution in [0, 0.1) is 0 Å². The van der Waals surface area contributed by atoms with Gasteiger partial charge in [-0.1, -0.05) is 18.2 Å². The fourth-order valence-corrected chi connectivity index (χ4v) is 2.10. The molecule has 1 aromatic carbocycles. The van der Waals surface area contributed by atoms with E-state index in [4.69, 9.17) is 10.5 Å². The summed E-state index contributed by atoms with van der Waals surface area (Å²) in [7, 11) is 0. The molecule has 1 fully saturated rings. The molecule has 0 saturated heterocycles. The Morgan fingerprint density at radius 3 is 2.44 bits per heavy atom. The van der Waals surface area contributed by atoms with Gasteiger partial charge in [0.05, 0.1) is 6.10 Å². The first-order chi connectivity index (χ1) is 7.79. The standard InChI is InChI=1S/C14H19NO/c1-2-14(15)11-7-9-13(10-8-11)16-12-5-3-4-6-12/h2,7-10,12,14H,1,3-6,15H2. The molecule has 0 spiro atoms. The van der Waals surface area contributed by atoms with Crippen LogP contribution in [0.4, 0.5) is 0 Å². The van der Waals surface area contributed by atoms with Crippen LogP contribution in [0.5, 0.6) is 5.75 Å². The second-order valence-electron chi connectivity index (χ2n) is 4.35. The van der Waals surface area contributed by atoms with Crippen molar-refractivity contribution in [3.8, 4) is 5.75 Å². The van der Waals surface area contributed by atoms with Crippen molar-refractivity contribution in [2.75, 3.05) is 0 Å². The monoisotopic (exact) mass is 217 g/mol. The third-order valence-electron chi connectivity index (χ3n) is 3.12. The van der Waals surface area contributed by atoms with E-state index in [2.05, 4.69) is 6.58 Å². The van der Waals surface area contributed by atoms with Crippen LogP contribution < -0.4 is 10.5 Å². The van der Waals surface area contributed by atoms with Gasteiger partial charge in [0.2, 0.25) is 0 Å². The molecule has 0 heterocycles. The highest BCUT2D eigenvalue weighted by Crippen LogP contribution is 2.25. The van der Waals surface area contributed by atoms with Crippen molar-refractivity contribution in [2.45, 2.75) is 37.8 Å². The van der Waals surface area contributed by atoms with Crippen molar-refractivity contribution in [3.63, 3.8) is 0 Å². The summed E-state index contributed by atoms with van der Waals surface area (Å²) in [5.41, 5.74) is 6.93. The van der Waals surface area contributed by atoms with E-state index in [0.717, 1.165) is 11.3 Å². The first-order valence-electron chi connectivity index (χ1n) is 5.94. The molecule has 2 N–H and O–H groups in total. The van der Waals surface area contributed by atoms with Crippen LogP contribution in [0.2, 0.25) is 0 Å². The number of hydrogen-bond donors (Lipinski definition) is 1. The molecular weight excluding hydrogens is 198 g/mol. The minimum absolute atomic E-state index is 0.0828. The SMILES string of the molecule is C=CC(N)c1ccc(OC2CCCC2)cc1. The zero-order valence-electron chi connectivity index (χ0n) is 9.56. The quantitative estimate of drug-likeness (QED) is 0.786. The van der Waals surface area contributed by atoms with E-state index in [9.17, 15) is 0 Å². The van der Waals surface area contributed by atoms with Crippen molar-refractivity contribution < 1.29 is 4.74 Å². The highest BCUT2D eigenvalue weighted by Gasteiger charge is 2.16. The summed E-state index contributed by atoms with van der Waals surface area (Å²) in [4.78, 5) is 0. The maximum atomic E-state index is 5.88. The largest absolute Gasteiger partial charge is 0.490 e. The van der Waals surface area contributed by atoms with Gasteiger partial charge in [0.15, 0.2) is 0 Å². The molecule has 86 valence electrons. The van der Waals surface area contributed by atoms with Crippen LogP contribution in [0.1, 0.15) is 37.3 Å². The highest BCUT2D eigenvalue weighted by molar-refractivity contribution is 5.30. The minimum Gasteiger partial charge on any atom is -0.490 e. The average Bonchev–Trinajstić information content (AvgIpc) is 2.82. The molecule has 1 atom stereocenters. The second-order valence-corrected chi connectivity index (χ2v) is 4.35. The van der Waals surface area contributed by atoms with Gasteiger partial charge in [0.1, 0.15) is 5.75 Å². The van der Waals surface area contributed by atoms with Gasteiger partial charge >= 0.3 is 0 Å². The molecule has 1 aliphatic rings. The Bertz CT molecular complexity index is 338. The molecule has 1 unspecified atom stereocenters. The maximum absolute atomic E-state index is 5.88. The maximum Gasteiger partial charge on any atom is 0.119 e. The molecule has 0 amide bonds. The van der Waals surface area contributed by atoms with Crippen LogP contribution in [-0.4, -0.2) is 6.10 Å². The first-order valence-corrected chi connectivity index (χ1v) is 5.94. The zero-order chi connectivity index (χ0) is 11.4. The van der Waals surface area contributed by atoms with Crippen LogP contribution in [-0.2, 0) is 0 Å². The summed E-state index contributed by atoms with van der Waals surface area (Å²) in [6.07, 6.45) is 7.13. The zero-order valence-corrected chi connectivity index (χ0v) is 9.56. The molecule has 0 aliphatic heterocycles. The topological polar surface area (TPSA) is 35.2 Å². The van der Waals surface area contributed by atoms with Crippen LogP contribution in [0.3, 0.4) is 0 Å². The Hall–Kier alpha value is -1.28. The third-order valence-corrected chi connectivity index (χ3v) is 3.12. The molecule has 0 aromatic heterocycles. The molecule has 0 radical (unpaired) electrons. The van der Waals surface area contributed by atoms with Crippen molar-refractivity contribution in [1.82, 2.24) is 0 Å². The number of hydrogen-bond acceptors (Lipinski definition) is 2. The second kappa shape index (κ2) is 5.17. The lowest BCUT2D eigenvalue weighted by Gasteiger charge is -2.14. The van der Waals surface area contributed by atoms with Crippen molar-refractivity contribution in [2.24, 2.45) is 5.73 Å². The van der Waals surface area contributed by atoms with Gasteiger partial charge in [0, 0.05) is 6.04 Å². The highest BCUT2D eigenvalue weighted by atomic mass is 16.5. The van der Waals surface area contributed by atoms with Crippen molar-refractivity contribution in [1.29, 1.82) is 0 Å². The average molecular weight is 217 g/mol. The number of benzene rings is 1. The van der Waals surface area contributed by atoms with Gasteiger partial charge in [-0.15, -0.1) is 6.58 Å². The smallest absolute Gasteiger partial charge is 0.119 e. The first kappa shape index (κ1) is 11.2. The van der Waals surface area contributed by atoms with Crippen molar-refractivity contribution in [3.05, 3.63) is 42.5 Å². The fourth-order valence-electron chi connectivity index (χ4n) is 2.10. The van der Waals surface area contributed by atoms with Gasteiger partial charge in [-0.2, -0.15) is 0 Å². The number of rotatable bonds is 4. The van der Waals surface area contributed by atoms with Crippen LogP contribution in [0.15, 0.2) is 36.9 Å². The lowest BCUT2D eigenvalue weighted by atomic mass is 10.1. The van der Waals surface area contributed by atoms with E-state index in [1.54, 1.807) is 6.08 Å². The lowest BCUT2D eigenvalue weighted by Crippen LogP contribution is -2.11. The summed E-state index contributed by atoms with van der Waals surface area (Å²) in [5.74, 6) is 0.951. The molecule has 1 saturated carbocycles. The van der Waals surface area contributed by atoms with Gasteiger partial charge in [-0.3, -0.25) is 0 Å². The molecule has 2 nitrogen and oxygen atoms in total. The lowest BCUT2D eigenvalue weighted by molar-refractivity contribution is 0.210. The van der Waals surface area contributed by atoms with Gasteiger partial charge in [-0.05, 0) is 43.4 Å². The van der Waals surface area contributed by atoms with E-state index >= 15 is 0 Å². The number of nitrogens with two attached hydrogens (primary N) is 1. The molecule has 2 heteroatoms. The van der Waals surface area contributed by atoms with Crippen LogP contribution >= 0.6 is 0 Å². The van der Waals surface area contributed by atoms with Crippen molar-refractivity contribution >= 4 is 0 Å². The Kier molecular flexibility index (Phi) is 3.62. The molecule has 2 rings (SSSR count). The van der Waals surface area contributed by atoms with Gasteiger partial charge in [0.25, 0.3) is 0 Å². The third kappa shape index (κ3) is 2.64. The van der Waals surface area contributed by atoms with E-state index in [0.29, 0.717) is 6.10 Å². The summed E-state index contributed by atoms with van der Waals surface area (Å²) in [6, 6.07) is 7.93. The summed E-state index contributed by atoms with van der Waals surface area (Å²) in [6.45, 7) is 3.69. The molecule has 1 aromatic rings. The van der Waals surface area contributed by atoms with Gasteiger partial charge < -0.3 is 10.5 Å². The minimum atomic E-state index is -0.0828. The molecule has 1 aliphatic carbocycles. The fraction of sp³-hybridized carbons (Fsp3) is 0.429. The summed E-state index contributed by atoms with van der Waals surface area (Å²) in [5, 5.41) is 0. The Labute approximate surface area is 97.1 Å². The summed E-state index contributed by atoms with van der Waals surface area (Å²) < 4.78 is 5.88. The Balaban J connectivity index is 1.98. The van der Waals surface area contributed by atoms with E-state index in [1.807, 2.05) is 24.3 Å². The summed E-state index contributed by atoms with van der Waals surface area (Å²) >= 11 is 0. The van der Waals surface area contributed by atoms with E-state index in [-0.39, 0.29) is 6.04 Å². The van der Waals surface area contributed by atoms with Gasteiger partial charge in [-0.25, -0.2) is 0 Å². The predicted molar refractivity (Wildman–Crippen MR) is 66.5 cm³/mol. The molecule has 0 bridgehead atoms. The molecular formula is C14H19NO.